The van der Waals surface area contributed by atoms with E-state index >= 15 is 0 Å². The molecule has 0 radical (unpaired) electrons. The van der Waals surface area contributed by atoms with Gasteiger partial charge in [0.25, 0.3) is 0 Å². The lowest BCUT2D eigenvalue weighted by Gasteiger charge is -2.14. The summed E-state index contributed by atoms with van der Waals surface area (Å²) >= 11 is 0. The van der Waals surface area contributed by atoms with Gasteiger partial charge in [0.1, 0.15) is 5.82 Å². The summed E-state index contributed by atoms with van der Waals surface area (Å²) in [5, 5.41) is 5.86. The Kier molecular flexibility index (Phi) is 4.93. The summed E-state index contributed by atoms with van der Waals surface area (Å²) in [6.07, 6.45) is 0. The third kappa shape index (κ3) is 4.31. The third-order valence-corrected chi connectivity index (χ3v) is 3.15. The van der Waals surface area contributed by atoms with Crippen molar-refractivity contribution in [2.24, 2.45) is 0 Å². The Morgan fingerprint density at radius 1 is 1.10 bits per heavy atom. The van der Waals surface area contributed by atoms with Gasteiger partial charge in [0, 0.05) is 11.4 Å². The van der Waals surface area contributed by atoms with Gasteiger partial charge in [0.15, 0.2) is 0 Å². The van der Waals surface area contributed by atoms with Gasteiger partial charge in [-0.05, 0) is 41.8 Å². The molecule has 0 heterocycles. The van der Waals surface area contributed by atoms with Gasteiger partial charge in [-0.15, -0.1) is 0 Å². The fourth-order valence-corrected chi connectivity index (χ4v) is 2.08. The zero-order chi connectivity index (χ0) is 15.2. The molecular weight excluding hydrogens is 267 g/mol. The second kappa shape index (κ2) is 6.88. The lowest BCUT2D eigenvalue weighted by molar-refractivity contribution is -0.114. The standard InChI is InChI=1S/C17H19FN2O/c1-12(2)15-5-3-4-6-16(15)19-11-17(21)20-14-9-7-13(18)8-10-14/h3-10,12,19H,11H2,1-2H3,(H,20,21). The molecule has 0 saturated heterocycles. The minimum absolute atomic E-state index is 0.167. The van der Waals surface area contributed by atoms with Crippen molar-refractivity contribution in [2.45, 2.75) is 19.8 Å². The molecule has 21 heavy (non-hydrogen) atoms. The van der Waals surface area contributed by atoms with Crippen LogP contribution >= 0.6 is 0 Å². The van der Waals surface area contributed by atoms with Crippen molar-refractivity contribution in [3.63, 3.8) is 0 Å². The van der Waals surface area contributed by atoms with Crippen LogP contribution in [0.5, 0.6) is 0 Å². The third-order valence-electron chi connectivity index (χ3n) is 3.15. The second-order valence-corrected chi connectivity index (χ2v) is 5.15. The first-order valence-corrected chi connectivity index (χ1v) is 6.94. The summed E-state index contributed by atoms with van der Waals surface area (Å²) in [4.78, 5) is 11.9. The molecule has 0 saturated carbocycles. The number of carbonyl (C=O) groups excluding carboxylic acids is 1. The molecule has 4 heteroatoms. The van der Waals surface area contributed by atoms with E-state index in [0.717, 1.165) is 5.69 Å². The van der Waals surface area contributed by atoms with E-state index < -0.39 is 0 Å². The van der Waals surface area contributed by atoms with Crippen LogP contribution in [0.3, 0.4) is 0 Å². The Morgan fingerprint density at radius 3 is 2.43 bits per heavy atom. The van der Waals surface area contributed by atoms with Gasteiger partial charge in [-0.25, -0.2) is 4.39 Å². The maximum atomic E-state index is 12.8. The zero-order valence-corrected chi connectivity index (χ0v) is 12.2. The predicted molar refractivity (Wildman–Crippen MR) is 84.1 cm³/mol. The maximum Gasteiger partial charge on any atom is 0.243 e. The first kappa shape index (κ1) is 15.0. The molecular formula is C17H19FN2O. The lowest BCUT2D eigenvalue weighted by Crippen LogP contribution is -2.22. The summed E-state index contributed by atoms with van der Waals surface area (Å²) < 4.78 is 12.8. The van der Waals surface area contributed by atoms with Crippen LogP contribution in [0.2, 0.25) is 0 Å². The molecule has 2 N–H and O–H groups in total. The van der Waals surface area contributed by atoms with Crippen molar-refractivity contribution in [3.05, 3.63) is 59.9 Å². The van der Waals surface area contributed by atoms with E-state index in [4.69, 9.17) is 0 Å². The summed E-state index contributed by atoms with van der Waals surface area (Å²) in [7, 11) is 0. The SMILES string of the molecule is CC(C)c1ccccc1NCC(=O)Nc1ccc(F)cc1. The van der Waals surface area contributed by atoms with E-state index in [1.165, 1.54) is 29.8 Å². The number of carbonyl (C=O) groups is 1. The van der Waals surface area contributed by atoms with Crippen LogP contribution < -0.4 is 10.6 Å². The number of halogens is 1. The monoisotopic (exact) mass is 286 g/mol. The largest absolute Gasteiger partial charge is 0.376 e. The Morgan fingerprint density at radius 2 is 1.76 bits per heavy atom. The minimum Gasteiger partial charge on any atom is -0.376 e. The normalized spacial score (nSPS) is 10.5. The first-order valence-electron chi connectivity index (χ1n) is 6.94. The maximum absolute atomic E-state index is 12.8. The predicted octanol–water partition coefficient (Wildman–Crippen LogP) is 4.00. The molecule has 0 unspecified atom stereocenters. The summed E-state index contributed by atoms with van der Waals surface area (Å²) in [5.74, 6) is -0.106. The number of rotatable bonds is 5. The van der Waals surface area contributed by atoms with Crippen molar-refractivity contribution in [2.75, 3.05) is 17.2 Å². The van der Waals surface area contributed by atoms with Gasteiger partial charge in [-0.1, -0.05) is 32.0 Å². The molecule has 0 spiro atoms. The lowest BCUT2D eigenvalue weighted by atomic mass is 10.0. The Hall–Kier alpha value is -2.36. The number of hydrogen-bond donors (Lipinski definition) is 2. The van der Waals surface area contributed by atoms with Crippen molar-refractivity contribution in [3.8, 4) is 0 Å². The molecule has 0 aliphatic rings. The highest BCUT2D eigenvalue weighted by molar-refractivity contribution is 5.93. The average molecular weight is 286 g/mol. The minimum atomic E-state index is -0.322. The molecule has 2 rings (SSSR count). The number of anilines is 2. The quantitative estimate of drug-likeness (QED) is 0.872. The van der Waals surface area contributed by atoms with Gasteiger partial charge in [0.2, 0.25) is 5.91 Å². The molecule has 0 bridgehead atoms. The Labute approximate surface area is 124 Å². The van der Waals surface area contributed by atoms with Gasteiger partial charge in [-0.2, -0.15) is 0 Å². The second-order valence-electron chi connectivity index (χ2n) is 5.15. The van der Waals surface area contributed by atoms with Gasteiger partial charge in [0.05, 0.1) is 6.54 Å². The number of amides is 1. The molecule has 0 aliphatic heterocycles. The topological polar surface area (TPSA) is 41.1 Å². The molecule has 0 fully saturated rings. The summed E-state index contributed by atoms with van der Waals surface area (Å²) in [5.41, 5.74) is 2.72. The molecule has 0 aromatic heterocycles. The van der Waals surface area contributed by atoms with Crippen LogP contribution in [-0.2, 0) is 4.79 Å². The Balaban J connectivity index is 1.94. The van der Waals surface area contributed by atoms with Crippen LogP contribution in [0.25, 0.3) is 0 Å². The molecule has 0 aliphatic carbocycles. The highest BCUT2D eigenvalue weighted by Gasteiger charge is 2.07. The van der Waals surface area contributed by atoms with Crippen molar-refractivity contribution >= 4 is 17.3 Å². The fourth-order valence-electron chi connectivity index (χ4n) is 2.08. The highest BCUT2D eigenvalue weighted by Crippen LogP contribution is 2.23. The van der Waals surface area contributed by atoms with Crippen LogP contribution in [-0.4, -0.2) is 12.5 Å². The van der Waals surface area contributed by atoms with E-state index in [1.54, 1.807) is 0 Å². The fraction of sp³-hybridized carbons (Fsp3) is 0.235. The van der Waals surface area contributed by atoms with Gasteiger partial charge >= 0.3 is 0 Å². The number of hydrogen-bond acceptors (Lipinski definition) is 2. The Bertz CT molecular complexity index is 608. The van der Waals surface area contributed by atoms with E-state index in [-0.39, 0.29) is 18.3 Å². The van der Waals surface area contributed by atoms with Crippen molar-refractivity contribution in [1.29, 1.82) is 0 Å². The van der Waals surface area contributed by atoms with E-state index in [2.05, 4.69) is 24.5 Å². The van der Waals surface area contributed by atoms with E-state index in [9.17, 15) is 9.18 Å². The smallest absolute Gasteiger partial charge is 0.243 e. The number of nitrogens with one attached hydrogen (secondary N) is 2. The van der Waals surface area contributed by atoms with Crippen LogP contribution in [0.4, 0.5) is 15.8 Å². The molecule has 1 amide bonds. The van der Waals surface area contributed by atoms with E-state index in [1.807, 2.05) is 24.3 Å². The molecule has 110 valence electrons. The van der Waals surface area contributed by atoms with Crippen LogP contribution in [0.1, 0.15) is 25.3 Å². The molecule has 0 atom stereocenters. The molecule has 2 aromatic rings. The zero-order valence-electron chi connectivity index (χ0n) is 12.2. The number of para-hydroxylation sites is 1. The van der Waals surface area contributed by atoms with E-state index in [0.29, 0.717) is 11.6 Å². The number of benzene rings is 2. The van der Waals surface area contributed by atoms with Crippen molar-refractivity contribution < 1.29 is 9.18 Å². The molecule has 2 aromatic carbocycles. The van der Waals surface area contributed by atoms with Crippen molar-refractivity contribution in [1.82, 2.24) is 0 Å². The molecule has 3 nitrogen and oxygen atoms in total. The highest BCUT2D eigenvalue weighted by atomic mass is 19.1. The average Bonchev–Trinajstić information content (AvgIpc) is 2.48. The van der Waals surface area contributed by atoms with Gasteiger partial charge < -0.3 is 10.6 Å². The summed E-state index contributed by atoms with van der Waals surface area (Å²) in [6, 6.07) is 13.6. The van der Waals surface area contributed by atoms with Crippen LogP contribution in [0.15, 0.2) is 48.5 Å². The van der Waals surface area contributed by atoms with Crippen LogP contribution in [0, 0.1) is 5.82 Å². The summed E-state index contributed by atoms with van der Waals surface area (Å²) in [6.45, 7) is 4.39. The first-order chi connectivity index (χ1) is 10.1. The van der Waals surface area contributed by atoms with Gasteiger partial charge in [-0.3, -0.25) is 4.79 Å².